The number of hydrogen-bond acceptors (Lipinski definition) is 4. The van der Waals surface area contributed by atoms with Crippen molar-refractivity contribution in [3.05, 3.63) is 29.8 Å². The van der Waals surface area contributed by atoms with Gasteiger partial charge in [0.1, 0.15) is 11.4 Å². The zero-order valence-electron chi connectivity index (χ0n) is 14.9. The van der Waals surface area contributed by atoms with Crippen molar-refractivity contribution in [3.63, 3.8) is 0 Å². The van der Waals surface area contributed by atoms with Crippen LogP contribution < -0.4 is 15.4 Å². The van der Waals surface area contributed by atoms with Gasteiger partial charge in [0.15, 0.2) is 0 Å². The van der Waals surface area contributed by atoms with Gasteiger partial charge in [-0.15, -0.1) is 0 Å². The Balaban J connectivity index is 1.82. The molecule has 1 aromatic carbocycles. The lowest BCUT2D eigenvalue weighted by Crippen LogP contribution is -2.52. The van der Waals surface area contributed by atoms with Gasteiger partial charge < -0.3 is 20.1 Å². The van der Waals surface area contributed by atoms with Gasteiger partial charge in [0.05, 0.1) is 18.1 Å². The number of para-hydroxylation sites is 1. The summed E-state index contributed by atoms with van der Waals surface area (Å²) in [5.74, 6) is 0.966. The third-order valence-electron chi connectivity index (χ3n) is 5.14. The highest BCUT2D eigenvalue weighted by Gasteiger charge is 2.42. The van der Waals surface area contributed by atoms with Crippen LogP contribution in [0.2, 0.25) is 0 Å². The lowest BCUT2D eigenvalue weighted by molar-refractivity contribution is -0.137. The normalized spacial score (nSPS) is 24.5. The molecule has 132 valence electrons. The average molecular weight is 332 g/mol. The molecule has 0 bridgehead atoms. The maximum absolute atomic E-state index is 13.1. The van der Waals surface area contributed by atoms with Gasteiger partial charge in [-0.2, -0.15) is 0 Å². The van der Waals surface area contributed by atoms with Crippen LogP contribution in [0.25, 0.3) is 0 Å². The zero-order chi connectivity index (χ0) is 17.2. The minimum absolute atomic E-state index is 0.0268. The molecule has 2 heterocycles. The number of fused-ring (bicyclic) bond motifs is 1. The van der Waals surface area contributed by atoms with Crippen molar-refractivity contribution >= 4 is 5.91 Å². The Bertz CT molecular complexity index is 589. The van der Waals surface area contributed by atoms with E-state index in [9.17, 15) is 4.79 Å². The molecular weight excluding hydrogens is 304 g/mol. The van der Waals surface area contributed by atoms with Crippen molar-refractivity contribution in [2.45, 2.75) is 44.8 Å². The molecule has 0 saturated carbocycles. The monoisotopic (exact) mass is 332 g/mol. The summed E-state index contributed by atoms with van der Waals surface area (Å²) in [5.41, 5.74) is 0.332. The summed E-state index contributed by atoms with van der Waals surface area (Å²) in [6, 6.07) is 7.96. The maximum Gasteiger partial charge on any atom is 0.229 e. The number of carbonyl (C=O) groups is 1. The third-order valence-corrected chi connectivity index (χ3v) is 5.14. The number of benzene rings is 1. The first-order valence-electron chi connectivity index (χ1n) is 8.74. The molecule has 1 saturated heterocycles. The summed E-state index contributed by atoms with van der Waals surface area (Å²) < 4.78 is 11.5. The second kappa shape index (κ2) is 6.73. The van der Waals surface area contributed by atoms with E-state index in [1.54, 1.807) is 7.11 Å². The smallest absolute Gasteiger partial charge is 0.229 e. The summed E-state index contributed by atoms with van der Waals surface area (Å²) >= 11 is 0. The van der Waals surface area contributed by atoms with Crippen LogP contribution in [0.3, 0.4) is 0 Å². The molecule has 24 heavy (non-hydrogen) atoms. The first-order chi connectivity index (χ1) is 11.5. The lowest BCUT2D eigenvalue weighted by atomic mass is 9.78. The number of amides is 1. The van der Waals surface area contributed by atoms with E-state index in [2.05, 4.69) is 24.5 Å². The molecule has 1 unspecified atom stereocenters. The average Bonchev–Trinajstić information content (AvgIpc) is 2.55. The summed E-state index contributed by atoms with van der Waals surface area (Å²) in [7, 11) is 1.67. The van der Waals surface area contributed by atoms with Gasteiger partial charge >= 0.3 is 0 Å². The fraction of sp³-hybridized carbons (Fsp3) is 0.632. The number of nitrogens with one attached hydrogen (secondary N) is 2. The standard InChI is InChI=1S/C19H28N2O3/c1-18(2)12-15(14-6-4-5-7-16(14)24-18)21-17(22)19(13-23-3)8-10-20-11-9-19/h4-7,15,20H,8-13H2,1-3H3,(H,21,22). The Morgan fingerprint density at radius 2 is 2.04 bits per heavy atom. The molecule has 2 N–H and O–H groups in total. The van der Waals surface area contributed by atoms with Crippen LogP contribution in [-0.4, -0.2) is 38.3 Å². The molecule has 1 fully saturated rings. The number of piperidine rings is 1. The molecule has 3 rings (SSSR count). The van der Waals surface area contributed by atoms with Gasteiger partial charge in [-0.25, -0.2) is 0 Å². The van der Waals surface area contributed by atoms with Gasteiger partial charge in [-0.05, 0) is 45.8 Å². The molecule has 0 spiro atoms. The Labute approximate surface area is 144 Å². The van der Waals surface area contributed by atoms with Gasteiger partial charge in [0, 0.05) is 19.1 Å². The van der Waals surface area contributed by atoms with Crippen LogP contribution in [0.4, 0.5) is 0 Å². The SMILES string of the molecule is COCC1(C(=O)NC2CC(C)(C)Oc3ccccc32)CCNCC1. The van der Waals surface area contributed by atoms with Gasteiger partial charge in [0.2, 0.25) is 5.91 Å². The van der Waals surface area contributed by atoms with Crippen LogP contribution in [0.5, 0.6) is 5.75 Å². The van der Waals surface area contributed by atoms with Crippen LogP contribution in [0, 0.1) is 5.41 Å². The van der Waals surface area contributed by atoms with Gasteiger partial charge in [-0.3, -0.25) is 4.79 Å². The molecule has 2 aliphatic rings. The van der Waals surface area contributed by atoms with E-state index < -0.39 is 5.41 Å². The zero-order valence-corrected chi connectivity index (χ0v) is 14.9. The molecular formula is C19H28N2O3. The Morgan fingerprint density at radius 3 is 2.75 bits per heavy atom. The van der Waals surface area contributed by atoms with Crippen molar-refractivity contribution in [3.8, 4) is 5.75 Å². The van der Waals surface area contributed by atoms with E-state index in [4.69, 9.17) is 9.47 Å². The van der Waals surface area contributed by atoms with Crippen molar-refractivity contribution in [1.82, 2.24) is 10.6 Å². The molecule has 0 aliphatic carbocycles. The summed E-state index contributed by atoms with van der Waals surface area (Å²) in [6.45, 7) is 6.31. The molecule has 0 radical (unpaired) electrons. The Morgan fingerprint density at radius 1 is 1.33 bits per heavy atom. The molecule has 1 amide bonds. The predicted octanol–water partition coefficient (Wildman–Crippen LogP) is 2.42. The van der Waals surface area contributed by atoms with Crippen LogP contribution in [0.15, 0.2) is 24.3 Å². The van der Waals surface area contributed by atoms with E-state index in [-0.39, 0.29) is 17.6 Å². The van der Waals surface area contributed by atoms with E-state index in [1.165, 1.54) is 0 Å². The quantitative estimate of drug-likeness (QED) is 0.889. The van der Waals surface area contributed by atoms with Gasteiger partial charge in [0.25, 0.3) is 0 Å². The molecule has 2 aliphatic heterocycles. The topological polar surface area (TPSA) is 59.6 Å². The second-order valence-corrected chi connectivity index (χ2v) is 7.59. The van der Waals surface area contributed by atoms with E-state index in [1.807, 2.05) is 24.3 Å². The largest absolute Gasteiger partial charge is 0.487 e. The molecule has 1 atom stereocenters. The first kappa shape index (κ1) is 17.2. The second-order valence-electron chi connectivity index (χ2n) is 7.59. The van der Waals surface area contributed by atoms with Crippen molar-refractivity contribution < 1.29 is 14.3 Å². The number of rotatable bonds is 4. The summed E-state index contributed by atoms with van der Waals surface area (Å²) in [5, 5.41) is 6.63. The fourth-order valence-electron chi connectivity index (χ4n) is 3.86. The number of ether oxygens (including phenoxy) is 2. The van der Waals surface area contributed by atoms with Crippen molar-refractivity contribution in [2.24, 2.45) is 5.41 Å². The van der Waals surface area contributed by atoms with Gasteiger partial charge in [-0.1, -0.05) is 18.2 Å². The van der Waals surface area contributed by atoms with E-state index >= 15 is 0 Å². The number of methoxy groups -OCH3 is 1. The van der Waals surface area contributed by atoms with Crippen LogP contribution >= 0.6 is 0 Å². The van der Waals surface area contributed by atoms with Crippen LogP contribution in [0.1, 0.15) is 44.7 Å². The highest BCUT2D eigenvalue weighted by atomic mass is 16.5. The Kier molecular flexibility index (Phi) is 4.83. The first-order valence-corrected chi connectivity index (χ1v) is 8.74. The predicted molar refractivity (Wildman–Crippen MR) is 93.1 cm³/mol. The third kappa shape index (κ3) is 3.42. The highest BCUT2D eigenvalue weighted by Crippen LogP contribution is 2.40. The number of carbonyl (C=O) groups excluding carboxylic acids is 1. The van der Waals surface area contributed by atoms with E-state index in [0.29, 0.717) is 6.61 Å². The van der Waals surface area contributed by atoms with Crippen molar-refractivity contribution in [1.29, 1.82) is 0 Å². The minimum atomic E-state index is -0.433. The van der Waals surface area contributed by atoms with Crippen LogP contribution in [-0.2, 0) is 9.53 Å². The number of hydrogen-bond donors (Lipinski definition) is 2. The fourth-order valence-corrected chi connectivity index (χ4v) is 3.86. The molecule has 1 aromatic rings. The molecule has 0 aromatic heterocycles. The highest BCUT2D eigenvalue weighted by molar-refractivity contribution is 5.83. The summed E-state index contributed by atoms with van der Waals surface area (Å²) in [4.78, 5) is 13.1. The summed E-state index contributed by atoms with van der Waals surface area (Å²) in [6.07, 6.45) is 2.37. The molecule has 5 nitrogen and oxygen atoms in total. The molecule has 5 heteroatoms. The minimum Gasteiger partial charge on any atom is -0.487 e. The van der Waals surface area contributed by atoms with Crippen molar-refractivity contribution in [2.75, 3.05) is 26.8 Å². The Hall–Kier alpha value is -1.59. The lowest BCUT2D eigenvalue weighted by Gasteiger charge is -2.41. The maximum atomic E-state index is 13.1. The van der Waals surface area contributed by atoms with E-state index in [0.717, 1.165) is 43.7 Å².